The van der Waals surface area contributed by atoms with E-state index >= 15 is 0 Å². The summed E-state index contributed by atoms with van der Waals surface area (Å²) < 4.78 is 8.51. The molecule has 0 radical (unpaired) electrons. The van der Waals surface area contributed by atoms with E-state index in [4.69, 9.17) is 16.2 Å². The highest BCUT2D eigenvalue weighted by Crippen LogP contribution is 2.57. The number of carbonyl (C=O) groups excluding carboxylic acids is 2. The van der Waals surface area contributed by atoms with E-state index in [0.717, 1.165) is 0 Å². The first-order chi connectivity index (χ1) is 19.3. The highest BCUT2D eigenvalue weighted by atomic mass is 79.9. The summed E-state index contributed by atoms with van der Waals surface area (Å²) in [6.07, 6.45) is -3.45. The van der Waals surface area contributed by atoms with Crippen LogP contribution in [0.25, 0.3) is 0 Å². The average molecular weight is 828 g/mol. The fourth-order valence-corrected chi connectivity index (χ4v) is 7.73. The van der Waals surface area contributed by atoms with Crippen molar-refractivity contribution in [2.75, 3.05) is 13.1 Å². The number of guanidine groups is 2. The summed E-state index contributed by atoms with van der Waals surface area (Å²) in [5, 5.41) is 35.5. The summed E-state index contributed by atoms with van der Waals surface area (Å²) in [5.74, 6) is -3.18. The second-order valence-electron chi connectivity index (χ2n) is 10.2. The number of aliphatic hydroxyl groups is 2. The number of halogens is 4. The van der Waals surface area contributed by atoms with E-state index in [1.54, 1.807) is 12.1 Å². The average Bonchev–Trinajstić information content (AvgIpc) is 3.66. The van der Waals surface area contributed by atoms with Gasteiger partial charge in [0.1, 0.15) is 16.9 Å². The van der Waals surface area contributed by atoms with Crippen LogP contribution in [0, 0.1) is 17.8 Å². The molecule has 2 aromatic heterocycles. The van der Waals surface area contributed by atoms with Gasteiger partial charge < -0.3 is 57.7 Å². The number of aromatic amines is 2. The first kappa shape index (κ1) is 28.9. The van der Waals surface area contributed by atoms with Crippen LogP contribution in [0.4, 0.5) is 0 Å². The number of amides is 2. The molecule has 0 bridgehead atoms. The molecule has 4 aliphatic rings. The summed E-state index contributed by atoms with van der Waals surface area (Å²) in [7, 11) is 0. The number of nitrogens with zero attached hydrogens (tertiary/aromatic N) is 2. The number of H-pyrrole nitrogens is 2. The maximum Gasteiger partial charge on any atom is 0.267 e. The van der Waals surface area contributed by atoms with Crippen molar-refractivity contribution in [1.29, 1.82) is 0 Å². The lowest BCUT2D eigenvalue weighted by Gasteiger charge is -2.51. The minimum atomic E-state index is -1.89. The van der Waals surface area contributed by atoms with Crippen LogP contribution < -0.4 is 32.7 Å². The molecule has 1 aliphatic carbocycles. The molecule has 8 atom stereocenters. The van der Waals surface area contributed by atoms with Gasteiger partial charge in [-0.3, -0.25) is 9.59 Å². The number of nitrogens with two attached hydrogens (primary N) is 2. The van der Waals surface area contributed by atoms with Crippen LogP contribution in [0.1, 0.15) is 21.0 Å². The Bertz CT molecular complexity index is 1460. The maximum absolute atomic E-state index is 13.1. The Morgan fingerprint density at radius 3 is 1.95 bits per heavy atom. The van der Waals surface area contributed by atoms with Crippen molar-refractivity contribution in [3.05, 3.63) is 41.7 Å². The summed E-state index contributed by atoms with van der Waals surface area (Å²) in [5.41, 5.74) is 9.26. The van der Waals surface area contributed by atoms with Gasteiger partial charge in [-0.05, 0) is 81.8 Å². The lowest BCUT2D eigenvalue weighted by Crippen LogP contribution is -2.76. The molecule has 15 nitrogen and oxygen atoms in total. The van der Waals surface area contributed by atoms with Gasteiger partial charge in [0.05, 0.1) is 24.3 Å². The van der Waals surface area contributed by atoms with Crippen LogP contribution in [-0.2, 0) is 4.74 Å². The van der Waals surface area contributed by atoms with Crippen molar-refractivity contribution in [1.82, 2.24) is 31.2 Å². The van der Waals surface area contributed by atoms with Crippen LogP contribution >= 0.6 is 63.7 Å². The summed E-state index contributed by atoms with van der Waals surface area (Å²) in [6, 6.07) is 3.23. The van der Waals surface area contributed by atoms with Crippen molar-refractivity contribution in [2.45, 2.75) is 29.8 Å². The zero-order valence-electron chi connectivity index (χ0n) is 20.7. The van der Waals surface area contributed by atoms with Crippen LogP contribution in [-0.4, -0.2) is 86.8 Å². The fraction of sp³-hybridized carbons (Fsp3) is 0.455. The third-order valence-corrected chi connectivity index (χ3v) is 11.6. The normalized spacial score (nSPS) is 35.0. The number of fused-ring (bicyclic) bond motifs is 2. The Balaban J connectivity index is 1.34. The number of nitrogens with one attached hydrogen (secondary N) is 6. The molecule has 19 heteroatoms. The van der Waals surface area contributed by atoms with Crippen molar-refractivity contribution >= 4 is 87.5 Å². The van der Waals surface area contributed by atoms with Gasteiger partial charge in [-0.15, -0.1) is 0 Å². The predicted octanol–water partition coefficient (Wildman–Crippen LogP) is -0.279. The van der Waals surface area contributed by atoms with Gasteiger partial charge in [0, 0.05) is 24.9 Å². The van der Waals surface area contributed by atoms with E-state index in [2.05, 4.69) is 105 Å². The minimum absolute atomic E-state index is 0.00854. The summed E-state index contributed by atoms with van der Waals surface area (Å²) in [4.78, 5) is 40.5. The largest absolute Gasteiger partial charge is 0.390 e. The van der Waals surface area contributed by atoms with Crippen LogP contribution in [0.5, 0.6) is 0 Å². The van der Waals surface area contributed by atoms with E-state index in [0.29, 0.717) is 18.2 Å². The molecule has 0 unspecified atom stereocenters. The fourth-order valence-electron chi connectivity index (χ4n) is 6.42. The molecule has 41 heavy (non-hydrogen) atoms. The Morgan fingerprint density at radius 2 is 1.41 bits per heavy atom. The highest BCUT2D eigenvalue weighted by molar-refractivity contribution is 9.13. The Kier molecular flexibility index (Phi) is 7.22. The lowest BCUT2D eigenvalue weighted by atomic mass is 9.71. The zero-order valence-corrected chi connectivity index (χ0v) is 27.1. The smallest absolute Gasteiger partial charge is 0.267 e. The number of hydrogen-bond acceptors (Lipinski definition) is 11. The Labute approximate surface area is 265 Å². The van der Waals surface area contributed by atoms with Crippen molar-refractivity contribution < 1.29 is 24.5 Å². The first-order valence-electron chi connectivity index (χ1n) is 12.3. The molecule has 12 N–H and O–H groups in total. The Hall–Kier alpha value is -2.16. The van der Waals surface area contributed by atoms with E-state index in [1.807, 2.05) is 0 Å². The molecule has 5 heterocycles. The predicted molar refractivity (Wildman–Crippen MR) is 159 cm³/mol. The SMILES string of the molecule is NC1=N[C@@H]2O[C@@H]3N=C(N)N[C@]34[C@H]([C@@H](CNC(=O)c3cc(Br)c(Br)[nH]3)[C@H](CNC(=O)c3cc(Br)c(Br)[nH]3)[C@@H]4O)[C@]2(O)N1. The summed E-state index contributed by atoms with van der Waals surface area (Å²) >= 11 is 13.3. The number of aromatic nitrogens is 2. The molecule has 1 spiro atoms. The highest BCUT2D eigenvalue weighted by Gasteiger charge is 2.76. The molecule has 3 aliphatic heterocycles. The number of aliphatic hydroxyl groups excluding tert-OH is 1. The second kappa shape index (κ2) is 10.2. The van der Waals surface area contributed by atoms with Gasteiger partial charge >= 0.3 is 0 Å². The minimum Gasteiger partial charge on any atom is -0.390 e. The van der Waals surface area contributed by atoms with E-state index in [-0.39, 0.29) is 36.4 Å². The first-order valence-corrected chi connectivity index (χ1v) is 15.5. The quantitative estimate of drug-likeness (QED) is 0.184. The second-order valence-corrected chi connectivity index (χ2v) is 13.5. The Morgan fingerprint density at radius 1 is 0.902 bits per heavy atom. The number of aliphatic imine (C=N–C) groups is 2. The molecule has 2 fully saturated rings. The number of ether oxygens (including phenoxy) is 1. The van der Waals surface area contributed by atoms with Gasteiger partial charge in [0.15, 0.2) is 23.9 Å². The molecule has 6 rings (SSSR count). The molecule has 2 aromatic rings. The van der Waals surface area contributed by atoms with Gasteiger partial charge in [0.2, 0.25) is 6.23 Å². The van der Waals surface area contributed by atoms with E-state index < -0.39 is 59.4 Å². The topological polar surface area (TPSA) is 240 Å². The molecular formula is C22H24Br4N10O5. The third-order valence-electron chi connectivity index (χ3n) is 8.03. The van der Waals surface area contributed by atoms with Gasteiger partial charge in [0.25, 0.3) is 11.8 Å². The van der Waals surface area contributed by atoms with Gasteiger partial charge in [-0.2, -0.15) is 0 Å². The van der Waals surface area contributed by atoms with Crippen LogP contribution in [0.15, 0.2) is 40.3 Å². The maximum atomic E-state index is 13.1. The number of rotatable bonds is 6. The molecular weight excluding hydrogens is 804 g/mol. The molecule has 0 aromatic carbocycles. The van der Waals surface area contributed by atoms with Crippen molar-refractivity contribution in [3.63, 3.8) is 0 Å². The standard InChI is InChI=1S/C22H24Br4N10O5/c23-7-1-9(31-13(7)25)15(38)29-3-5-6(4-30-16(39)10-2-8(24)14(26)32-10)12(37)21-11(5)22(40)18(34-20(28)36-22)41-17(21)33-19(27)35-21/h1-2,5-6,11-12,17-18,31-32,37,40H,3-4H2,(H,29,38)(H,30,39)(H3,27,33,35)(H3,28,34,36)/t5-,6-,11-,12-,17-,18+,21-,22+/m0/s1. The molecule has 1 saturated carbocycles. The number of carbonyl (C=O) groups is 2. The van der Waals surface area contributed by atoms with E-state index in [9.17, 15) is 19.8 Å². The summed E-state index contributed by atoms with van der Waals surface area (Å²) in [6.45, 7) is -0.0420. The van der Waals surface area contributed by atoms with Gasteiger partial charge in [-0.1, -0.05) is 0 Å². The number of hydrogen-bond donors (Lipinski definition) is 10. The van der Waals surface area contributed by atoms with Crippen molar-refractivity contribution in [3.8, 4) is 0 Å². The van der Waals surface area contributed by atoms with E-state index in [1.165, 1.54) is 0 Å². The molecule has 1 saturated heterocycles. The monoisotopic (exact) mass is 824 g/mol. The van der Waals surface area contributed by atoms with Crippen LogP contribution in [0.2, 0.25) is 0 Å². The van der Waals surface area contributed by atoms with Gasteiger partial charge in [-0.25, -0.2) is 9.98 Å². The van der Waals surface area contributed by atoms with Crippen LogP contribution in [0.3, 0.4) is 0 Å². The van der Waals surface area contributed by atoms with Crippen molar-refractivity contribution in [2.24, 2.45) is 39.2 Å². The zero-order chi connectivity index (χ0) is 29.4. The molecule has 220 valence electrons. The molecule has 2 amide bonds. The third kappa shape index (κ3) is 4.51. The lowest BCUT2D eigenvalue weighted by molar-refractivity contribution is -0.243.